The van der Waals surface area contributed by atoms with Gasteiger partial charge in [0.2, 0.25) is 0 Å². The average Bonchev–Trinajstić information content (AvgIpc) is 2.26. The van der Waals surface area contributed by atoms with E-state index in [-0.39, 0.29) is 6.61 Å². The summed E-state index contributed by atoms with van der Waals surface area (Å²) in [6, 6.07) is 0. The fourth-order valence-electron chi connectivity index (χ4n) is 0.928. The van der Waals surface area contributed by atoms with Crippen molar-refractivity contribution in [2.75, 3.05) is 59.3 Å². The van der Waals surface area contributed by atoms with Gasteiger partial charge in [-0.05, 0) is 6.54 Å². The Balaban J connectivity index is 2.81. The Bertz CT molecular complexity index is 102. The summed E-state index contributed by atoms with van der Waals surface area (Å²) in [5.41, 5.74) is 0. The molecule has 0 saturated carbocycles. The molecule has 0 aromatic rings. The average molecular weight is 221 g/mol. The van der Waals surface area contributed by atoms with Crippen LogP contribution in [0, 0.1) is 0 Å². The topological polar surface area (TPSA) is 60.0 Å². The zero-order chi connectivity index (χ0) is 11.2. The highest BCUT2D eigenvalue weighted by Crippen LogP contribution is 1.80. The number of hydrogen-bond acceptors (Lipinski definition) is 5. The molecule has 0 fully saturated rings. The number of hydrogen-bond donors (Lipinski definition) is 2. The number of aliphatic hydroxyl groups excluding tert-OH is 1. The molecule has 92 valence electrons. The highest BCUT2D eigenvalue weighted by Gasteiger charge is 1.90. The van der Waals surface area contributed by atoms with E-state index in [2.05, 4.69) is 12.2 Å². The van der Waals surface area contributed by atoms with Crippen LogP contribution in [0.15, 0.2) is 0 Å². The molecule has 0 bridgehead atoms. The van der Waals surface area contributed by atoms with Crippen molar-refractivity contribution in [2.45, 2.75) is 6.92 Å². The molecule has 0 rings (SSSR count). The number of ether oxygens (including phenoxy) is 3. The van der Waals surface area contributed by atoms with Crippen molar-refractivity contribution in [3.8, 4) is 0 Å². The van der Waals surface area contributed by atoms with Crippen molar-refractivity contribution < 1.29 is 19.3 Å². The van der Waals surface area contributed by atoms with Crippen molar-refractivity contribution in [3.63, 3.8) is 0 Å². The third-order valence-electron chi connectivity index (χ3n) is 1.65. The van der Waals surface area contributed by atoms with Crippen LogP contribution < -0.4 is 5.32 Å². The van der Waals surface area contributed by atoms with Crippen LogP contribution in [0.1, 0.15) is 6.92 Å². The lowest BCUT2D eigenvalue weighted by atomic mass is 10.6. The second kappa shape index (κ2) is 13.8. The van der Waals surface area contributed by atoms with Gasteiger partial charge >= 0.3 is 0 Å². The van der Waals surface area contributed by atoms with Crippen molar-refractivity contribution in [1.82, 2.24) is 5.32 Å². The summed E-state index contributed by atoms with van der Waals surface area (Å²) in [5.74, 6) is 0. The molecule has 0 aliphatic rings. The molecule has 0 aliphatic carbocycles. The SMILES string of the molecule is CCNCCOCCOCCOCCO. The van der Waals surface area contributed by atoms with E-state index in [1.807, 2.05) is 0 Å². The summed E-state index contributed by atoms with van der Waals surface area (Å²) in [4.78, 5) is 0. The maximum atomic E-state index is 8.42. The van der Waals surface area contributed by atoms with Crippen LogP contribution in [-0.2, 0) is 14.2 Å². The van der Waals surface area contributed by atoms with Gasteiger partial charge < -0.3 is 24.6 Å². The van der Waals surface area contributed by atoms with Crippen molar-refractivity contribution in [3.05, 3.63) is 0 Å². The summed E-state index contributed by atoms with van der Waals surface area (Å²) >= 11 is 0. The molecule has 0 atom stereocenters. The van der Waals surface area contributed by atoms with Crippen LogP contribution in [0.5, 0.6) is 0 Å². The molecule has 0 unspecified atom stereocenters. The van der Waals surface area contributed by atoms with Crippen molar-refractivity contribution in [2.24, 2.45) is 0 Å². The zero-order valence-corrected chi connectivity index (χ0v) is 9.54. The van der Waals surface area contributed by atoms with Gasteiger partial charge in [0.15, 0.2) is 0 Å². The predicted octanol–water partition coefficient (Wildman–Crippen LogP) is -0.362. The minimum absolute atomic E-state index is 0.0630. The van der Waals surface area contributed by atoms with Gasteiger partial charge in [-0.2, -0.15) is 0 Å². The highest BCUT2D eigenvalue weighted by atomic mass is 16.5. The molecule has 0 aromatic carbocycles. The molecule has 0 spiro atoms. The number of likely N-dealkylation sites (N-methyl/N-ethyl adjacent to an activating group) is 1. The zero-order valence-electron chi connectivity index (χ0n) is 9.54. The Hall–Kier alpha value is -0.200. The highest BCUT2D eigenvalue weighted by molar-refractivity contribution is 4.40. The Labute approximate surface area is 91.7 Å². The van der Waals surface area contributed by atoms with Crippen LogP contribution in [0.3, 0.4) is 0 Å². The first-order valence-electron chi connectivity index (χ1n) is 5.46. The predicted molar refractivity (Wildman–Crippen MR) is 58.1 cm³/mol. The molecule has 0 aromatic heterocycles. The molecule has 0 radical (unpaired) electrons. The van der Waals surface area contributed by atoms with E-state index in [1.54, 1.807) is 0 Å². The van der Waals surface area contributed by atoms with Gasteiger partial charge in [0.25, 0.3) is 0 Å². The largest absolute Gasteiger partial charge is 0.394 e. The first-order chi connectivity index (χ1) is 7.41. The molecule has 0 saturated heterocycles. The molecule has 0 heterocycles. The Morgan fingerprint density at radius 2 is 1.40 bits per heavy atom. The Morgan fingerprint density at radius 1 is 0.867 bits per heavy atom. The summed E-state index contributed by atoms with van der Waals surface area (Å²) in [6.07, 6.45) is 0. The van der Waals surface area contributed by atoms with E-state index < -0.39 is 0 Å². The second-order valence-corrected chi connectivity index (χ2v) is 2.91. The summed E-state index contributed by atoms with van der Waals surface area (Å²) in [7, 11) is 0. The van der Waals surface area contributed by atoms with Crippen LogP contribution >= 0.6 is 0 Å². The lowest BCUT2D eigenvalue weighted by Crippen LogP contribution is -2.20. The molecular weight excluding hydrogens is 198 g/mol. The Kier molecular flexibility index (Phi) is 13.6. The first-order valence-corrected chi connectivity index (χ1v) is 5.46. The van der Waals surface area contributed by atoms with Crippen LogP contribution in [0.25, 0.3) is 0 Å². The molecular formula is C10H23NO4. The van der Waals surface area contributed by atoms with Gasteiger partial charge in [0.05, 0.1) is 46.2 Å². The third kappa shape index (κ3) is 13.8. The number of rotatable bonds is 12. The maximum absolute atomic E-state index is 8.42. The number of nitrogens with one attached hydrogen (secondary N) is 1. The van der Waals surface area contributed by atoms with E-state index in [1.165, 1.54) is 0 Å². The molecule has 5 nitrogen and oxygen atoms in total. The monoisotopic (exact) mass is 221 g/mol. The van der Waals surface area contributed by atoms with Gasteiger partial charge in [0, 0.05) is 6.54 Å². The van der Waals surface area contributed by atoms with E-state index in [4.69, 9.17) is 19.3 Å². The van der Waals surface area contributed by atoms with Gasteiger partial charge in [-0.25, -0.2) is 0 Å². The smallest absolute Gasteiger partial charge is 0.0701 e. The van der Waals surface area contributed by atoms with Gasteiger partial charge in [0.1, 0.15) is 0 Å². The summed E-state index contributed by atoms with van der Waals surface area (Å²) in [5, 5.41) is 11.6. The normalized spacial score (nSPS) is 10.8. The summed E-state index contributed by atoms with van der Waals surface area (Å²) < 4.78 is 15.5. The lowest BCUT2D eigenvalue weighted by Gasteiger charge is -2.06. The van der Waals surface area contributed by atoms with Crippen molar-refractivity contribution in [1.29, 1.82) is 0 Å². The van der Waals surface area contributed by atoms with Gasteiger partial charge in [-0.1, -0.05) is 6.92 Å². The molecule has 2 N–H and O–H groups in total. The minimum Gasteiger partial charge on any atom is -0.394 e. The first kappa shape index (κ1) is 14.8. The molecule has 0 amide bonds. The van der Waals surface area contributed by atoms with E-state index >= 15 is 0 Å². The third-order valence-corrected chi connectivity index (χ3v) is 1.65. The fourth-order valence-corrected chi connectivity index (χ4v) is 0.928. The van der Waals surface area contributed by atoms with Crippen molar-refractivity contribution >= 4 is 0 Å². The van der Waals surface area contributed by atoms with E-state index in [0.29, 0.717) is 33.0 Å². The maximum Gasteiger partial charge on any atom is 0.0701 e. The number of aliphatic hydroxyl groups is 1. The minimum atomic E-state index is 0.0630. The molecule has 5 heteroatoms. The van der Waals surface area contributed by atoms with Gasteiger partial charge in [-0.15, -0.1) is 0 Å². The van der Waals surface area contributed by atoms with Crippen LogP contribution in [0.4, 0.5) is 0 Å². The lowest BCUT2D eigenvalue weighted by molar-refractivity contribution is 0.00825. The van der Waals surface area contributed by atoms with Crippen LogP contribution in [0.2, 0.25) is 0 Å². The fraction of sp³-hybridized carbons (Fsp3) is 1.00. The molecule has 0 aliphatic heterocycles. The molecule has 15 heavy (non-hydrogen) atoms. The van der Waals surface area contributed by atoms with E-state index in [0.717, 1.165) is 19.7 Å². The standard InChI is InChI=1S/C10H23NO4/c1-2-11-3-5-13-7-9-15-10-8-14-6-4-12/h11-12H,2-10H2,1H3. The van der Waals surface area contributed by atoms with E-state index in [9.17, 15) is 0 Å². The van der Waals surface area contributed by atoms with Gasteiger partial charge in [-0.3, -0.25) is 0 Å². The quantitative estimate of drug-likeness (QED) is 0.441. The summed E-state index contributed by atoms with van der Waals surface area (Å²) in [6.45, 7) is 7.37. The van der Waals surface area contributed by atoms with Crippen LogP contribution in [-0.4, -0.2) is 64.4 Å². The second-order valence-electron chi connectivity index (χ2n) is 2.91. The Morgan fingerprint density at radius 3 is 1.93 bits per heavy atom.